The first-order valence-electron chi connectivity index (χ1n) is 9.43. The minimum Gasteiger partial charge on any atom is -0.384 e. The van der Waals surface area contributed by atoms with E-state index in [1.807, 2.05) is 12.1 Å². The van der Waals surface area contributed by atoms with Crippen molar-refractivity contribution in [3.05, 3.63) is 59.7 Å². The summed E-state index contributed by atoms with van der Waals surface area (Å²) in [5.74, 6) is 2.08. The molecule has 1 N–H and O–H groups in total. The molecular weight excluding hydrogens is 354 g/mol. The van der Waals surface area contributed by atoms with Gasteiger partial charge in [-0.15, -0.1) is 0 Å². The Morgan fingerprint density at radius 1 is 1.21 bits per heavy atom. The number of nitrogens with one attached hydrogen (secondary N) is 1. The second-order valence-corrected chi connectivity index (χ2v) is 6.96. The first kappa shape index (κ1) is 16.9. The summed E-state index contributed by atoms with van der Waals surface area (Å²) in [5.41, 5.74) is 4.73. The van der Waals surface area contributed by atoms with Gasteiger partial charge < -0.3 is 19.1 Å². The summed E-state index contributed by atoms with van der Waals surface area (Å²) in [7, 11) is 1.66. The van der Waals surface area contributed by atoms with Crippen LogP contribution in [-0.4, -0.2) is 40.4 Å². The summed E-state index contributed by atoms with van der Waals surface area (Å²) in [6, 6.07) is 12.5. The molecule has 7 nitrogen and oxygen atoms in total. The van der Waals surface area contributed by atoms with Crippen molar-refractivity contribution in [1.29, 1.82) is 0 Å². The number of benzene rings is 1. The molecule has 0 bridgehead atoms. The van der Waals surface area contributed by atoms with E-state index < -0.39 is 0 Å². The molecule has 0 aliphatic carbocycles. The molecule has 0 radical (unpaired) electrons. The van der Waals surface area contributed by atoms with Gasteiger partial charge in [-0.25, -0.2) is 4.98 Å². The second kappa shape index (κ2) is 7.09. The van der Waals surface area contributed by atoms with E-state index in [9.17, 15) is 0 Å². The van der Waals surface area contributed by atoms with E-state index in [1.54, 1.807) is 13.3 Å². The first-order valence-corrected chi connectivity index (χ1v) is 9.43. The van der Waals surface area contributed by atoms with E-state index in [2.05, 4.69) is 49.3 Å². The molecule has 142 valence electrons. The van der Waals surface area contributed by atoms with Gasteiger partial charge in [-0.1, -0.05) is 23.4 Å². The lowest BCUT2D eigenvalue weighted by molar-refractivity contribution is 0.199. The number of hydrogen-bond donors (Lipinski definition) is 1. The fourth-order valence-corrected chi connectivity index (χ4v) is 3.75. The van der Waals surface area contributed by atoms with E-state index >= 15 is 0 Å². The van der Waals surface area contributed by atoms with Crippen LogP contribution in [0.2, 0.25) is 0 Å². The summed E-state index contributed by atoms with van der Waals surface area (Å²) in [6.45, 7) is 2.35. The number of aromatic nitrogens is 4. The molecule has 1 aliphatic rings. The molecule has 1 aromatic carbocycles. The Labute approximate surface area is 162 Å². The van der Waals surface area contributed by atoms with Crippen LogP contribution in [0.1, 0.15) is 17.1 Å². The second-order valence-electron chi connectivity index (χ2n) is 6.96. The zero-order chi connectivity index (χ0) is 18.9. The lowest BCUT2D eigenvalue weighted by Crippen LogP contribution is -2.30. The molecule has 3 aromatic heterocycles. The molecule has 0 spiro atoms. The Hall–Kier alpha value is -3.19. The van der Waals surface area contributed by atoms with E-state index in [0.29, 0.717) is 24.7 Å². The van der Waals surface area contributed by atoms with Crippen LogP contribution in [0.15, 0.2) is 47.1 Å². The predicted molar refractivity (Wildman–Crippen MR) is 106 cm³/mol. The highest BCUT2D eigenvalue weighted by Crippen LogP contribution is 2.29. The van der Waals surface area contributed by atoms with Gasteiger partial charge >= 0.3 is 0 Å². The number of H-pyrrole nitrogens is 1. The summed E-state index contributed by atoms with van der Waals surface area (Å²) in [6.07, 6.45) is 3.44. The Bertz CT molecular complexity index is 1100. The molecule has 7 heteroatoms. The van der Waals surface area contributed by atoms with Crippen molar-refractivity contribution in [2.45, 2.75) is 19.4 Å². The third-order valence-corrected chi connectivity index (χ3v) is 5.20. The summed E-state index contributed by atoms with van der Waals surface area (Å²) in [4.78, 5) is 14.9. The van der Waals surface area contributed by atoms with E-state index in [0.717, 1.165) is 30.9 Å². The normalized spacial score (nSPS) is 13.8. The minimum atomic E-state index is 0.488. The number of pyridine rings is 1. The Morgan fingerprint density at radius 3 is 3.00 bits per heavy atom. The monoisotopic (exact) mass is 375 g/mol. The quantitative estimate of drug-likeness (QED) is 0.576. The van der Waals surface area contributed by atoms with Gasteiger partial charge in [0.2, 0.25) is 0 Å². The number of ether oxygens (including phenoxy) is 1. The van der Waals surface area contributed by atoms with Gasteiger partial charge in [-0.3, -0.25) is 0 Å². The highest BCUT2D eigenvalue weighted by molar-refractivity contribution is 5.85. The molecule has 0 saturated heterocycles. The molecule has 4 aromatic rings. The van der Waals surface area contributed by atoms with E-state index in [-0.39, 0.29) is 0 Å². The van der Waals surface area contributed by atoms with Crippen molar-refractivity contribution in [3.63, 3.8) is 0 Å². The zero-order valence-electron chi connectivity index (χ0n) is 15.7. The maximum absolute atomic E-state index is 5.34. The largest absolute Gasteiger partial charge is 0.384 e. The number of methoxy groups -OCH3 is 1. The average Bonchev–Trinajstić information content (AvgIpc) is 3.36. The van der Waals surface area contributed by atoms with Gasteiger partial charge in [0.25, 0.3) is 5.89 Å². The Kier molecular flexibility index (Phi) is 4.29. The third kappa shape index (κ3) is 3.03. The highest BCUT2D eigenvalue weighted by atomic mass is 16.5. The van der Waals surface area contributed by atoms with Crippen molar-refractivity contribution in [2.75, 3.05) is 25.2 Å². The van der Waals surface area contributed by atoms with Gasteiger partial charge in [0.1, 0.15) is 5.82 Å². The van der Waals surface area contributed by atoms with Crippen molar-refractivity contribution in [1.82, 2.24) is 20.1 Å². The van der Waals surface area contributed by atoms with Gasteiger partial charge in [-0.2, -0.15) is 4.98 Å². The Balaban J connectivity index is 1.34. The topological polar surface area (TPSA) is 80.1 Å². The molecule has 0 atom stereocenters. The maximum Gasteiger partial charge on any atom is 0.259 e. The lowest BCUT2D eigenvalue weighted by atomic mass is 10.0. The fourth-order valence-electron chi connectivity index (χ4n) is 3.75. The van der Waals surface area contributed by atoms with Gasteiger partial charge in [0, 0.05) is 42.9 Å². The number of fused-ring (bicyclic) bond motifs is 3. The minimum absolute atomic E-state index is 0.488. The van der Waals surface area contributed by atoms with Crippen LogP contribution in [-0.2, 0) is 24.1 Å². The smallest absolute Gasteiger partial charge is 0.259 e. The number of para-hydroxylation sites is 1. The molecule has 0 amide bonds. The summed E-state index contributed by atoms with van der Waals surface area (Å²) < 4.78 is 10.4. The number of hydrogen-bond acceptors (Lipinski definition) is 6. The molecule has 0 fully saturated rings. The predicted octanol–water partition coefficient (Wildman–Crippen LogP) is 3.36. The summed E-state index contributed by atoms with van der Waals surface area (Å²) in [5, 5.41) is 5.31. The van der Waals surface area contributed by atoms with Crippen molar-refractivity contribution < 1.29 is 9.26 Å². The zero-order valence-corrected chi connectivity index (χ0v) is 15.7. The van der Waals surface area contributed by atoms with E-state index in [4.69, 9.17) is 9.26 Å². The third-order valence-electron chi connectivity index (χ3n) is 5.20. The van der Waals surface area contributed by atoms with Gasteiger partial charge in [-0.05, 0) is 30.2 Å². The van der Waals surface area contributed by atoms with Crippen LogP contribution in [0.5, 0.6) is 0 Å². The maximum atomic E-state index is 5.34. The van der Waals surface area contributed by atoms with Crippen molar-refractivity contribution in [2.24, 2.45) is 0 Å². The number of rotatable bonds is 5. The average molecular weight is 375 g/mol. The molecule has 28 heavy (non-hydrogen) atoms. The van der Waals surface area contributed by atoms with Crippen LogP contribution < -0.4 is 4.90 Å². The summed E-state index contributed by atoms with van der Waals surface area (Å²) >= 11 is 0. The molecule has 0 saturated carbocycles. The van der Waals surface area contributed by atoms with E-state index in [1.165, 1.54) is 22.2 Å². The van der Waals surface area contributed by atoms with Crippen LogP contribution in [0.4, 0.5) is 5.82 Å². The van der Waals surface area contributed by atoms with Crippen molar-refractivity contribution >= 4 is 16.7 Å². The van der Waals surface area contributed by atoms with Gasteiger partial charge in [0.05, 0.1) is 18.7 Å². The number of anilines is 1. The molecule has 1 aliphatic heterocycles. The van der Waals surface area contributed by atoms with Gasteiger partial charge in [0.15, 0.2) is 5.82 Å². The van der Waals surface area contributed by atoms with Crippen LogP contribution in [0.3, 0.4) is 0 Å². The molecule has 4 heterocycles. The highest BCUT2D eigenvalue weighted by Gasteiger charge is 2.21. The lowest BCUT2D eigenvalue weighted by Gasteiger charge is -2.28. The number of aromatic amines is 1. The fraction of sp³-hybridized carbons (Fsp3) is 0.286. The van der Waals surface area contributed by atoms with Crippen LogP contribution in [0, 0.1) is 0 Å². The molecule has 5 rings (SSSR count). The SMILES string of the molecule is COCCc1noc(-c2ccc(N3CCc4c([nH]c5ccccc45)C3)nc2)n1. The van der Waals surface area contributed by atoms with Crippen LogP contribution >= 0.6 is 0 Å². The molecular formula is C21H21N5O2. The standard InChI is InChI=1S/C21H21N5O2/c1-27-11-9-19-24-21(28-25-19)14-6-7-20(22-12-14)26-10-8-16-15-4-2-3-5-17(15)23-18(16)13-26/h2-7,12,23H,8-11,13H2,1H3. The molecule has 0 unspecified atom stereocenters. The van der Waals surface area contributed by atoms with Crippen LogP contribution in [0.25, 0.3) is 22.4 Å². The number of nitrogens with zero attached hydrogens (tertiary/aromatic N) is 4. The Morgan fingerprint density at radius 2 is 2.14 bits per heavy atom. The first-order chi connectivity index (χ1) is 13.8. The van der Waals surface area contributed by atoms with Crippen molar-refractivity contribution in [3.8, 4) is 11.5 Å².